The molecule has 0 aliphatic heterocycles. The first-order valence-electron chi connectivity index (χ1n) is 17.8. The van der Waals surface area contributed by atoms with Gasteiger partial charge in [0.1, 0.15) is 0 Å². The van der Waals surface area contributed by atoms with Crippen LogP contribution in [0.25, 0.3) is 44.2 Å². The van der Waals surface area contributed by atoms with Crippen LogP contribution in [0.3, 0.4) is 0 Å². The van der Waals surface area contributed by atoms with Crippen molar-refractivity contribution < 1.29 is 12.3 Å². The maximum absolute atomic E-state index is 9.15. The van der Waals surface area contributed by atoms with E-state index in [0.29, 0.717) is 11.4 Å². The third kappa shape index (κ3) is 4.90. The fraction of sp³-hybridized carbons (Fsp3) is 0. The maximum atomic E-state index is 9.15. The number of para-hydroxylation sites is 1. The average Bonchev–Trinajstić information content (AvgIpc) is 3.16. The molecule has 0 saturated heterocycles. The Labute approximate surface area is 254 Å². The largest absolute Gasteiger partial charge is 0.311 e. The van der Waals surface area contributed by atoms with Crippen LogP contribution < -0.4 is 4.90 Å². The highest BCUT2D eigenvalue weighted by Gasteiger charge is 2.15. The van der Waals surface area contributed by atoms with Gasteiger partial charge in [0.15, 0.2) is 0 Å². The molecule has 0 radical (unpaired) electrons. The van der Waals surface area contributed by atoms with Gasteiger partial charge in [-0.15, -0.1) is 0 Å². The minimum absolute atomic E-state index is 0.0368. The van der Waals surface area contributed by atoms with Crippen molar-refractivity contribution in [2.45, 2.75) is 0 Å². The lowest BCUT2D eigenvalue weighted by Gasteiger charge is -2.26. The van der Waals surface area contributed by atoms with E-state index in [1.165, 1.54) is 0 Å². The zero-order valence-corrected chi connectivity index (χ0v) is 22.0. The molecule has 7 aromatic rings. The lowest BCUT2D eigenvalue weighted by atomic mass is 9.89. The van der Waals surface area contributed by atoms with Crippen LogP contribution >= 0.6 is 0 Å². The summed E-state index contributed by atoms with van der Waals surface area (Å²) in [4.78, 5) is 1.65. The van der Waals surface area contributed by atoms with E-state index in [2.05, 4.69) is 36.4 Å². The van der Waals surface area contributed by atoms with Crippen molar-refractivity contribution in [1.82, 2.24) is 0 Å². The van der Waals surface area contributed by atoms with Crippen molar-refractivity contribution in [3.05, 3.63) is 176 Å². The first-order chi connectivity index (χ1) is 24.1. The molecule has 0 aliphatic rings. The molecule has 194 valence electrons. The Hall–Kier alpha value is -5.40. The second kappa shape index (κ2) is 11.0. The molecule has 0 amide bonds. The number of nitrogens with zero attached hydrogens (tertiary/aromatic N) is 1. The van der Waals surface area contributed by atoms with Crippen molar-refractivity contribution in [2.75, 3.05) is 4.90 Å². The summed E-state index contributed by atoms with van der Waals surface area (Å²) in [7, 11) is 0. The van der Waals surface area contributed by atoms with Crippen molar-refractivity contribution >= 4 is 27.8 Å². The van der Waals surface area contributed by atoms with E-state index in [4.69, 9.17) is 12.3 Å². The number of benzene rings is 7. The van der Waals surface area contributed by atoms with Gasteiger partial charge in [0.25, 0.3) is 0 Å². The standard InChI is InChI=1S/C40H29N/c1-4-12-30(13-5-1)31-20-25-36(26-21-31)41(35-17-8-3-9-18-35)37-27-22-34(23-28-37)40-38-19-11-10-16-33(38)24-29-39(40)32-14-6-2-7-15-32/h1-29H/i1D,4D,5D,12D,13D,20D,21D,25D,26D. The lowest BCUT2D eigenvalue weighted by Crippen LogP contribution is -2.09. The van der Waals surface area contributed by atoms with Crippen LogP contribution in [-0.4, -0.2) is 0 Å². The first-order valence-corrected chi connectivity index (χ1v) is 13.3. The summed E-state index contributed by atoms with van der Waals surface area (Å²) in [5.74, 6) is 0. The predicted octanol–water partition coefficient (Wildman–Crippen LogP) is 11.3. The van der Waals surface area contributed by atoms with Gasteiger partial charge < -0.3 is 4.90 Å². The number of rotatable bonds is 6. The van der Waals surface area contributed by atoms with E-state index in [0.717, 1.165) is 33.0 Å². The fourth-order valence-electron chi connectivity index (χ4n) is 5.12. The average molecular weight is 533 g/mol. The van der Waals surface area contributed by atoms with Gasteiger partial charge >= 0.3 is 0 Å². The summed E-state index contributed by atoms with van der Waals surface area (Å²) in [6.45, 7) is 0. The topological polar surface area (TPSA) is 3.24 Å². The van der Waals surface area contributed by atoms with Crippen LogP contribution in [0.5, 0.6) is 0 Å². The predicted molar refractivity (Wildman–Crippen MR) is 175 cm³/mol. The van der Waals surface area contributed by atoms with Gasteiger partial charge in [-0.2, -0.15) is 0 Å². The van der Waals surface area contributed by atoms with Crippen LogP contribution in [0.1, 0.15) is 12.3 Å². The van der Waals surface area contributed by atoms with Gasteiger partial charge in [-0.3, -0.25) is 0 Å². The highest BCUT2D eigenvalue weighted by Crippen LogP contribution is 2.41. The van der Waals surface area contributed by atoms with Crippen molar-refractivity contribution in [3.8, 4) is 33.4 Å². The van der Waals surface area contributed by atoms with Crippen LogP contribution in [-0.2, 0) is 0 Å². The Morgan fingerprint density at radius 3 is 1.73 bits per heavy atom. The van der Waals surface area contributed by atoms with Gasteiger partial charge in [0.2, 0.25) is 0 Å². The summed E-state index contributed by atoms with van der Waals surface area (Å²) in [6.07, 6.45) is 0. The molecular formula is C40H29N. The van der Waals surface area contributed by atoms with E-state index >= 15 is 0 Å². The molecule has 41 heavy (non-hydrogen) atoms. The number of hydrogen-bond donors (Lipinski definition) is 0. The van der Waals surface area contributed by atoms with Crippen molar-refractivity contribution in [2.24, 2.45) is 0 Å². The number of hydrogen-bond acceptors (Lipinski definition) is 1. The van der Waals surface area contributed by atoms with Crippen LogP contribution in [0, 0.1) is 0 Å². The Bertz CT molecular complexity index is 2350. The molecule has 0 heterocycles. The molecule has 0 N–H and O–H groups in total. The monoisotopic (exact) mass is 532 g/mol. The highest BCUT2D eigenvalue weighted by molar-refractivity contribution is 6.04. The Balaban J connectivity index is 1.43. The van der Waals surface area contributed by atoms with E-state index < -0.39 is 54.4 Å². The normalized spacial score (nSPS) is 14.0. The fourth-order valence-corrected chi connectivity index (χ4v) is 5.12. The smallest absolute Gasteiger partial charge is 0.0645 e. The highest BCUT2D eigenvalue weighted by atomic mass is 15.1. The van der Waals surface area contributed by atoms with E-state index in [1.54, 1.807) is 4.90 Å². The van der Waals surface area contributed by atoms with E-state index in [9.17, 15) is 0 Å². The number of anilines is 3. The second-order valence-electron chi connectivity index (χ2n) is 9.52. The third-order valence-corrected chi connectivity index (χ3v) is 7.03. The Morgan fingerprint density at radius 1 is 0.390 bits per heavy atom. The molecule has 7 aromatic carbocycles. The molecule has 0 aliphatic carbocycles. The summed E-state index contributed by atoms with van der Waals surface area (Å²) in [6, 6.07) is 34.5. The Morgan fingerprint density at radius 2 is 1.00 bits per heavy atom. The molecule has 0 fully saturated rings. The molecule has 0 spiro atoms. The zero-order chi connectivity index (χ0) is 35.3. The van der Waals surface area contributed by atoms with Gasteiger partial charge in [-0.1, -0.05) is 139 Å². The van der Waals surface area contributed by atoms with Crippen molar-refractivity contribution in [1.29, 1.82) is 0 Å². The quantitative estimate of drug-likeness (QED) is 0.206. The summed E-state index contributed by atoms with van der Waals surface area (Å²) >= 11 is 0. The minimum Gasteiger partial charge on any atom is -0.311 e. The summed E-state index contributed by atoms with van der Waals surface area (Å²) in [5.41, 5.74) is 4.56. The van der Waals surface area contributed by atoms with Gasteiger partial charge in [0.05, 0.1) is 12.3 Å². The Kier molecular flexibility index (Phi) is 4.46. The van der Waals surface area contributed by atoms with Gasteiger partial charge in [-0.25, -0.2) is 0 Å². The molecule has 1 nitrogen and oxygen atoms in total. The summed E-state index contributed by atoms with van der Waals surface area (Å²) < 4.78 is 77.4. The van der Waals surface area contributed by atoms with E-state index in [-0.39, 0.29) is 16.8 Å². The number of fused-ring (bicyclic) bond motifs is 1. The molecular weight excluding hydrogens is 494 g/mol. The van der Waals surface area contributed by atoms with Crippen LogP contribution in [0.4, 0.5) is 17.1 Å². The minimum atomic E-state index is -0.616. The lowest BCUT2D eigenvalue weighted by molar-refractivity contribution is 1.28. The van der Waals surface area contributed by atoms with Gasteiger partial charge in [0, 0.05) is 17.1 Å². The third-order valence-electron chi connectivity index (χ3n) is 7.03. The first kappa shape index (κ1) is 16.6. The summed E-state index contributed by atoms with van der Waals surface area (Å²) in [5, 5.41) is 2.18. The second-order valence-corrected chi connectivity index (χ2v) is 9.52. The van der Waals surface area contributed by atoms with E-state index in [1.807, 2.05) is 84.9 Å². The SMILES string of the molecule is [2H]c1c([2H])c([2H])c(-c2c([2H])c([2H])c(N(c3ccccc3)c3ccc(-c4c(-c5ccccc5)ccc5ccccc45)cc3)c([2H])c2[2H])c([2H])c1[2H]. The van der Waals surface area contributed by atoms with Crippen molar-refractivity contribution in [3.63, 3.8) is 0 Å². The molecule has 1 heteroatoms. The molecule has 0 bridgehead atoms. The molecule has 0 unspecified atom stereocenters. The molecule has 0 saturated carbocycles. The molecule has 7 rings (SSSR count). The zero-order valence-electron chi connectivity index (χ0n) is 31.0. The van der Waals surface area contributed by atoms with Crippen LogP contribution in [0.15, 0.2) is 176 Å². The molecule has 0 atom stereocenters. The molecule has 0 aromatic heterocycles. The van der Waals surface area contributed by atoms with Gasteiger partial charge in [-0.05, 0) is 80.5 Å². The van der Waals surface area contributed by atoms with Crippen LogP contribution in [0.2, 0.25) is 0 Å². The maximum Gasteiger partial charge on any atom is 0.0645 e.